The predicted octanol–water partition coefficient (Wildman–Crippen LogP) is 1.88. The summed E-state index contributed by atoms with van der Waals surface area (Å²) < 4.78 is 5.06. The van der Waals surface area contributed by atoms with Crippen LogP contribution in [-0.4, -0.2) is 36.5 Å². The number of nitrogens with zero attached hydrogens (tertiary/aromatic N) is 1. The van der Waals surface area contributed by atoms with Crippen molar-refractivity contribution in [1.29, 1.82) is 0 Å². The van der Waals surface area contributed by atoms with Crippen LogP contribution in [0.15, 0.2) is 22.8 Å². The largest absolute Gasteiger partial charge is 0.459 e. The second-order valence-electron chi connectivity index (χ2n) is 4.49. The first kappa shape index (κ1) is 12.2. The number of furan rings is 1. The van der Waals surface area contributed by atoms with E-state index in [0.29, 0.717) is 18.3 Å². The van der Waals surface area contributed by atoms with Crippen molar-refractivity contribution in [1.82, 2.24) is 10.2 Å². The van der Waals surface area contributed by atoms with Gasteiger partial charge in [-0.3, -0.25) is 9.69 Å². The average Bonchev–Trinajstić information content (AvgIpc) is 3.02. The summed E-state index contributed by atoms with van der Waals surface area (Å²) >= 11 is 0. The molecular weight excluding hydrogens is 216 g/mol. The molecule has 94 valence electrons. The molecule has 0 aliphatic carbocycles. The van der Waals surface area contributed by atoms with Crippen molar-refractivity contribution in [3.63, 3.8) is 0 Å². The summed E-state index contributed by atoms with van der Waals surface area (Å²) in [4.78, 5) is 14.2. The highest BCUT2D eigenvalue weighted by Gasteiger charge is 2.21. The van der Waals surface area contributed by atoms with Gasteiger partial charge in [-0.2, -0.15) is 0 Å². The highest BCUT2D eigenvalue weighted by molar-refractivity contribution is 5.91. The van der Waals surface area contributed by atoms with Gasteiger partial charge in [0.05, 0.1) is 6.26 Å². The Morgan fingerprint density at radius 3 is 2.88 bits per heavy atom. The van der Waals surface area contributed by atoms with E-state index in [-0.39, 0.29) is 5.91 Å². The standard InChI is InChI=1S/C13H20N2O2/c1-2-11(15-7-3-4-8-15)10-14-13(16)12-6-5-9-17-12/h5-6,9,11H,2-4,7-8,10H2,1H3,(H,14,16). The number of amides is 1. The Kier molecular flexibility index (Phi) is 4.20. The van der Waals surface area contributed by atoms with Crippen molar-refractivity contribution < 1.29 is 9.21 Å². The first-order chi connectivity index (χ1) is 8.31. The van der Waals surface area contributed by atoms with Crippen molar-refractivity contribution in [2.45, 2.75) is 32.2 Å². The molecule has 4 nitrogen and oxygen atoms in total. The molecule has 0 saturated carbocycles. The summed E-state index contributed by atoms with van der Waals surface area (Å²) in [6, 6.07) is 3.87. The lowest BCUT2D eigenvalue weighted by atomic mass is 10.2. The number of hydrogen-bond donors (Lipinski definition) is 1. The number of hydrogen-bond acceptors (Lipinski definition) is 3. The van der Waals surface area contributed by atoms with Crippen molar-refractivity contribution in [3.8, 4) is 0 Å². The lowest BCUT2D eigenvalue weighted by Gasteiger charge is -2.26. The van der Waals surface area contributed by atoms with E-state index in [9.17, 15) is 4.79 Å². The van der Waals surface area contributed by atoms with E-state index in [2.05, 4.69) is 17.1 Å². The van der Waals surface area contributed by atoms with Gasteiger partial charge in [0.25, 0.3) is 5.91 Å². The van der Waals surface area contributed by atoms with Crippen molar-refractivity contribution >= 4 is 5.91 Å². The van der Waals surface area contributed by atoms with Crippen LogP contribution >= 0.6 is 0 Å². The highest BCUT2D eigenvalue weighted by atomic mass is 16.3. The van der Waals surface area contributed by atoms with Gasteiger partial charge in [0.1, 0.15) is 0 Å². The summed E-state index contributed by atoms with van der Waals surface area (Å²) in [7, 11) is 0. The van der Waals surface area contributed by atoms with Crippen LogP contribution in [-0.2, 0) is 0 Å². The normalized spacial score (nSPS) is 18.2. The molecule has 4 heteroatoms. The fourth-order valence-electron chi connectivity index (χ4n) is 2.34. The zero-order chi connectivity index (χ0) is 12.1. The van der Waals surface area contributed by atoms with Crippen molar-refractivity contribution in [2.75, 3.05) is 19.6 Å². The van der Waals surface area contributed by atoms with Crippen molar-refractivity contribution in [3.05, 3.63) is 24.2 Å². The average molecular weight is 236 g/mol. The molecule has 1 unspecified atom stereocenters. The molecule has 1 aliphatic rings. The summed E-state index contributed by atoms with van der Waals surface area (Å²) in [5.74, 6) is 0.272. The molecule has 1 saturated heterocycles. The number of carbonyl (C=O) groups excluding carboxylic acids is 1. The number of carbonyl (C=O) groups is 1. The van der Waals surface area contributed by atoms with Crippen LogP contribution in [0.5, 0.6) is 0 Å². The zero-order valence-electron chi connectivity index (χ0n) is 10.3. The van der Waals surface area contributed by atoms with Crippen molar-refractivity contribution in [2.24, 2.45) is 0 Å². The number of rotatable bonds is 5. The fourth-order valence-corrected chi connectivity index (χ4v) is 2.34. The van der Waals surface area contributed by atoms with Crippen LogP contribution in [0.4, 0.5) is 0 Å². The van der Waals surface area contributed by atoms with Crippen LogP contribution in [0.3, 0.4) is 0 Å². The van der Waals surface area contributed by atoms with Gasteiger partial charge in [-0.05, 0) is 44.5 Å². The number of likely N-dealkylation sites (tertiary alicyclic amines) is 1. The van der Waals surface area contributed by atoms with Gasteiger partial charge >= 0.3 is 0 Å². The maximum atomic E-state index is 11.7. The summed E-state index contributed by atoms with van der Waals surface area (Å²) in [6.45, 7) is 5.20. The zero-order valence-corrected chi connectivity index (χ0v) is 10.3. The molecule has 17 heavy (non-hydrogen) atoms. The maximum absolute atomic E-state index is 11.7. The molecule has 1 N–H and O–H groups in total. The fraction of sp³-hybridized carbons (Fsp3) is 0.615. The highest BCUT2D eigenvalue weighted by Crippen LogP contribution is 2.13. The first-order valence-corrected chi connectivity index (χ1v) is 6.37. The Morgan fingerprint density at radius 2 is 2.29 bits per heavy atom. The van der Waals surface area contributed by atoms with E-state index >= 15 is 0 Å². The molecule has 1 aromatic heterocycles. The Hall–Kier alpha value is -1.29. The molecule has 1 aromatic rings. The monoisotopic (exact) mass is 236 g/mol. The summed E-state index contributed by atoms with van der Waals surface area (Å²) in [5, 5.41) is 2.94. The Morgan fingerprint density at radius 1 is 1.53 bits per heavy atom. The topological polar surface area (TPSA) is 45.5 Å². The smallest absolute Gasteiger partial charge is 0.287 e. The van der Waals surface area contributed by atoms with Gasteiger partial charge in [-0.15, -0.1) is 0 Å². The van der Waals surface area contributed by atoms with E-state index in [1.54, 1.807) is 12.1 Å². The Labute approximate surface area is 102 Å². The van der Waals surface area contributed by atoms with Gasteiger partial charge in [-0.25, -0.2) is 0 Å². The molecule has 0 radical (unpaired) electrons. The molecule has 1 amide bonds. The molecule has 2 heterocycles. The van der Waals surface area contributed by atoms with Crippen LogP contribution in [0.1, 0.15) is 36.7 Å². The Balaban J connectivity index is 1.81. The maximum Gasteiger partial charge on any atom is 0.287 e. The molecule has 0 spiro atoms. The van der Waals surface area contributed by atoms with Crippen LogP contribution in [0, 0.1) is 0 Å². The van der Waals surface area contributed by atoms with Gasteiger partial charge in [0.2, 0.25) is 0 Å². The molecule has 2 rings (SSSR count). The molecule has 0 bridgehead atoms. The third-order valence-corrected chi connectivity index (χ3v) is 3.37. The van der Waals surface area contributed by atoms with Crippen LogP contribution < -0.4 is 5.32 Å². The predicted molar refractivity (Wildman–Crippen MR) is 65.9 cm³/mol. The SMILES string of the molecule is CCC(CNC(=O)c1ccco1)N1CCCC1. The van der Waals surface area contributed by atoms with Gasteiger partial charge < -0.3 is 9.73 Å². The van der Waals surface area contributed by atoms with Crippen LogP contribution in [0.2, 0.25) is 0 Å². The second-order valence-corrected chi connectivity index (χ2v) is 4.49. The minimum absolute atomic E-state index is 0.118. The molecule has 1 atom stereocenters. The van der Waals surface area contributed by atoms with Crippen LogP contribution in [0.25, 0.3) is 0 Å². The van der Waals surface area contributed by atoms with E-state index in [1.807, 2.05) is 0 Å². The minimum atomic E-state index is -0.118. The molecule has 1 aliphatic heterocycles. The van der Waals surface area contributed by atoms with E-state index in [0.717, 1.165) is 19.5 Å². The summed E-state index contributed by atoms with van der Waals surface area (Å²) in [6.07, 6.45) is 5.15. The lowest BCUT2D eigenvalue weighted by Crippen LogP contribution is -2.42. The molecule has 0 aromatic carbocycles. The van der Waals surface area contributed by atoms with E-state index in [1.165, 1.54) is 19.1 Å². The molecular formula is C13H20N2O2. The van der Waals surface area contributed by atoms with Gasteiger partial charge in [-0.1, -0.05) is 6.92 Å². The van der Waals surface area contributed by atoms with Gasteiger partial charge in [0, 0.05) is 12.6 Å². The molecule has 1 fully saturated rings. The minimum Gasteiger partial charge on any atom is -0.459 e. The quantitative estimate of drug-likeness (QED) is 0.849. The third kappa shape index (κ3) is 3.09. The Bertz CT molecular complexity index is 342. The third-order valence-electron chi connectivity index (χ3n) is 3.37. The van der Waals surface area contributed by atoms with E-state index < -0.39 is 0 Å². The first-order valence-electron chi connectivity index (χ1n) is 6.37. The van der Waals surface area contributed by atoms with Gasteiger partial charge in [0.15, 0.2) is 5.76 Å². The lowest BCUT2D eigenvalue weighted by molar-refractivity contribution is 0.0909. The van der Waals surface area contributed by atoms with E-state index in [4.69, 9.17) is 4.42 Å². The second kappa shape index (κ2) is 5.87. The number of nitrogens with one attached hydrogen (secondary N) is 1. The summed E-state index contributed by atoms with van der Waals surface area (Å²) in [5.41, 5.74) is 0.